The Balaban J connectivity index is 1.83. The van der Waals surface area contributed by atoms with Crippen molar-refractivity contribution in [2.45, 2.75) is 38.7 Å². The van der Waals surface area contributed by atoms with Crippen LogP contribution in [0.15, 0.2) is 29.6 Å². The van der Waals surface area contributed by atoms with E-state index in [2.05, 4.69) is 11.4 Å². The van der Waals surface area contributed by atoms with Gasteiger partial charge in [0.15, 0.2) is 0 Å². The number of fused-ring (bicyclic) bond motifs is 1. The van der Waals surface area contributed by atoms with E-state index >= 15 is 0 Å². The third kappa shape index (κ3) is 3.79. The summed E-state index contributed by atoms with van der Waals surface area (Å²) in [5.74, 6) is -1.58. The van der Waals surface area contributed by atoms with Gasteiger partial charge in [-0.1, -0.05) is 18.2 Å². The van der Waals surface area contributed by atoms with Gasteiger partial charge < -0.3 is 14.7 Å². The number of hydrogen-bond acceptors (Lipinski definition) is 4. The number of carboxylic acid groups (broad SMARTS) is 1. The maximum atomic E-state index is 12.3. The minimum atomic E-state index is -0.867. The van der Waals surface area contributed by atoms with Crippen LogP contribution in [0.3, 0.4) is 0 Å². The molecule has 1 fully saturated rings. The number of hydrogen-bond donors (Lipinski definition) is 1. The van der Waals surface area contributed by atoms with Gasteiger partial charge in [-0.15, -0.1) is 11.3 Å². The van der Waals surface area contributed by atoms with Gasteiger partial charge in [-0.3, -0.25) is 4.79 Å². The monoisotopic (exact) mass is 361 g/mol. The maximum Gasteiger partial charge on any atom is 0.410 e. The second-order valence-electron chi connectivity index (χ2n) is 7.45. The number of carbonyl (C=O) groups is 2. The first-order chi connectivity index (χ1) is 11.8. The van der Waals surface area contributed by atoms with Crippen LogP contribution in [0, 0.1) is 5.92 Å². The quantitative estimate of drug-likeness (QED) is 0.865. The molecule has 1 aromatic carbocycles. The minimum absolute atomic E-state index is 0.0904. The summed E-state index contributed by atoms with van der Waals surface area (Å²) in [6, 6.07) is 8.06. The van der Waals surface area contributed by atoms with Crippen molar-refractivity contribution < 1.29 is 19.4 Å². The van der Waals surface area contributed by atoms with Crippen LogP contribution in [-0.2, 0) is 9.53 Å². The molecule has 6 heteroatoms. The Labute approximate surface area is 151 Å². The van der Waals surface area contributed by atoms with Crippen molar-refractivity contribution in [2.24, 2.45) is 5.92 Å². The fourth-order valence-corrected chi connectivity index (χ4v) is 4.38. The molecule has 0 saturated carbocycles. The van der Waals surface area contributed by atoms with Crippen LogP contribution in [0.2, 0.25) is 0 Å². The lowest BCUT2D eigenvalue weighted by Gasteiger charge is -2.37. The third-order valence-corrected chi connectivity index (χ3v) is 5.47. The maximum absolute atomic E-state index is 12.3. The Morgan fingerprint density at radius 2 is 2.00 bits per heavy atom. The van der Waals surface area contributed by atoms with Gasteiger partial charge in [-0.05, 0) is 49.6 Å². The molecule has 5 nitrogen and oxygen atoms in total. The Morgan fingerprint density at radius 3 is 2.68 bits per heavy atom. The molecule has 1 aliphatic rings. The van der Waals surface area contributed by atoms with Crippen molar-refractivity contribution in [3.63, 3.8) is 0 Å². The standard InChI is InChI=1S/C19H23NO4S/c1-19(2,3)24-18(23)20-9-8-12(14(10-20)17(21)22)15-11-25-16-7-5-4-6-13(15)16/h4-7,11-12,14H,8-10H2,1-3H3,(H,21,22)/t12-,14-/m0/s1. The molecule has 1 N–H and O–H groups in total. The summed E-state index contributed by atoms with van der Waals surface area (Å²) in [6.07, 6.45) is 0.184. The van der Waals surface area contributed by atoms with Crippen molar-refractivity contribution in [3.05, 3.63) is 35.2 Å². The fraction of sp³-hybridized carbons (Fsp3) is 0.474. The first kappa shape index (κ1) is 17.7. The number of piperidine rings is 1. The van der Waals surface area contributed by atoms with Crippen LogP contribution < -0.4 is 0 Å². The van der Waals surface area contributed by atoms with E-state index in [1.807, 2.05) is 39.0 Å². The highest BCUT2D eigenvalue weighted by molar-refractivity contribution is 7.17. The van der Waals surface area contributed by atoms with Crippen molar-refractivity contribution >= 4 is 33.5 Å². The summed E-state index contributed by atoms with van der Waals surface area (Å²) in [5, 5.41) is 12.9. The highest BCUT2D eigenvalue weighted by atomic mass is 32.1. The molecule has 25 heavy (non-hydrogen) atoms. The number of likely N-dealkylation sites (tertiary alicyclic amines) is 1. The van der Waals surface area contributed by atoms with Gasteiger partial charge >= 0.3 is 12.1 Å². The normalized spacial score (nSPS) is 21.3. The fourth-order valence-electron chi connectivity index (χ4n) is 3.35. The van der Waals surface area contributed by atoms with Crippen LogP contribution in [0.1, 0.15) is 38.7 Å². The summed E-state index contributed by atoms with van der Waals surface area (Å²) in [6.45, 7) is 6.12. The second-order valence-corrected chi connectivity index (χ2v) is 8.36. The minimum Gasteiger partial charge on any atom is -0.481 e. The molecule has 1 aliphatic heterocycles. The number of rotatable bonds is 2. The lowest BCUT2D eigenvalue weighted by atomic mass is 9.80. The van der Waals surface area contributed by atoms with E-state index in [1.165, 1.54) is 4.90 Å². The molecule has 1 aromatic heterocycles. The van der Waals surface area contributed by atoms with Crippen LogP contribution in [-0.4, -0.2) is 40.8 Å². The first-order valence-electron chi connectivity index (χ1n) is 8.43. The van der Waals surface area contributed by atoms with Crippen molar-refractivity contribution in [1.82, 2.24) is 4.90 Å². The van der Waals surface area contributed by atoms with E-state index in [0.717, 1.165) is 15.6 Å². The molecule has 0 spiro atoms. The molecular formula is C19H23NO4S. The number of aliphatic carboxylic acids is 1. The van der Waals surface area contributed by atoms with Gasteiger partial charge in [0.2, 0.25) is 0 Å². The number of carboxylic acids is 1. The Morgan fingerprint density at radius 1 is 1.28 bits per heavy atom. The number of amides is 1. The third-order valence-electron chi connectivity index (χ3n) is 4.49. The van der Waals surface area contributed by atoms with E-state index in [9.17, 15) is 14.7 Å². The Bertz CT molecular complexity index is 792. The molecule has 1 amide bonds. The van der Waals surface area contributed by atoms with Crippen molar-refractivity contribution in [2.75, 3.05) is 13.1 Å². The van der Waals surface area contributed by atoms with E-state index in [-0.39, 0.29) is 12.5 Å². The van der Waals surface area contributed by atoms with Gasteiger partial charge in [-0.2, -0.15) is 0 Å². The van der Waals surface area contributed by atoms with Gasteiger partial charge in [-0.25, -0.2) is 4.79 Å². The largest absolute Gasteiger partial charge is 0.481 e. The Hall–Kier alpha value is -2.08. The molecule has 2 heterocycles. The summed E-state index contributed by atoms with van der Waals surface area (Å²) in [7, 11) is 0. The molecule has 0 bridgehead atoms. The SMILES string of the molecule is CC(C)(C)OC(=O)N1CC[C@H](c2csc3ccccc23)[C@@H](C(=O)O)C1. The van der Waals surface area contributed by atoms with Gasteiger partial charge in [0.05, 0.1) is 5.92 Å². The zero-order chi connectivity index (χ0) is 18.2. The topological polar surface area (TPSA) is 66.8 Å². The molecule has 1 saturated heterocycles. The first-order valence-corrected chi connectivity index (χ1v) is 9.31. The molecule has 0 unspecified atom stereocenters. The highest BCUT2D eigenvalue weighted by Crippen LogP contribution is 2.40. The van der Waals surface area contributed by atoms with Crippen LogP contribution >= 0.6 is 11.3 Å². The summed E-state index contributed by atoms with van der Waals surface area (Å²) in [5.41, 5.74) is 0.493. The van der Waals surface area contributed by atoms with E-state index in [1.54, 1.807) is 11.3 Å². The average molecular weight is 361 g/mol. The molecule has 0 radical (unpaired) electrons. The zero-order valence-electron chi connectivity index (χ0n) is 14.7. The number of ether oxygens (including phenoxy) is 1. The number of carbonyl (C=O) groups excluding carboxylic acids is 1. The van der Waals surface area contributed by atoms with E-state index in [4.69, 9.17) is 4.74 Å². The number of benzene rings is 1. The lowest BCUT2D eigenvalue weighted by molar-refractivity contribution is -0.144. The molecular weight excluding hydrogens is 338 g/mol. The average Bonchev–Trinajstić information content (AvgIpc) is 2.96. The van der Waals surface area contributed by atoms with Crippen LogP contribution in [0.25, 0.3) is 10.1 Å². The summed E-state index contributed by atoms with van der Waals surface area (Å²) in [4.78, 5) is 25.7. The van der Waals surface area contributed by atoms with Crippen LogP contribution in [0.5, 0.6) is 0 Å². The van der Waals surface area contributed by atoms with Crippen molar-refractivity contribution in [1.29, 1.82) is 0 Å². The summed E-state index contributed by atoms with van der Waals surface area (Å²) < 4.78 is 6.56. The molecule has 134 valence electrons. The van der Waals surface area contributed by atoms with Gasteiger partial charge in [0.1, 0.15) is 5.60 Å². The second kappa shape index (κ2) is 6.67. The number of thiophene rings is 1. The van der Waals surface area contributed by atoms with Crippen molar-refractivity contribution in [3.8, 4) is 0 Å². The van der Waals surface area contributed by atoms with Gasteiger partial charge in [0, 0.05) is 23.7 Å². The highest BCUT2D eigenvalue weighted by Gasteiger charge is 2.39. The summed E-state index contributed by atoms with van der Waals surface area (Å²) >= 11 is 1.64. The number of nitrogens with zero attached hydrogens (tertiary/aromatic N) is 1. The lowest BCUT2D eigenvalue weighted by Crippen LogP contribution is -2.47. The molecule has 2 atom stereocenters. The molecule has 2 aromatic rings. The van der Waals surface area contributed by atoms with Gasteiger partial charge in [0.25, 0.3) is 0 Å². The van der Waals surface area contributed by atoms with E-state index < -0.39 is 23.6 Å². The predicted octanol–water partition coefficient (Wildman–Crippen LogP) is 4.33. The molecule has 3 rings (SSSR count). The smallest absolute Gasteiger partial charge is 0.410 e. The van der Waals surface area contributed by atoms with Crippen LogP contribution in [0.4, 0.5) is 4.79 Å². The van der Waals surface area contributed by atoms with E-state index in [0.29, 0.717) is 13.0 Å². The molecule has 0 aliphatic carbocycles. The zero-order valence-corrected chi connectivity index (χ0v) is 15.5. The Kier molecular flexibility index (Phi) is 4.73. The predicted molar refractivity (Wildman–Crippen MR) is 98.1 cm³/mol.